The van der Waals surface area contributed by atoms with E-state index in [-0.39, 0.29) is 5.41 Å². The summed E-state index contributed by atoms with van der Waals surface area (Å²) in [6, 6.07) is 12.1. The zero-order chi connectivity index (χ0) is 16.8. The summed E-state index contributed by atoms with van der Waals surface area (Å²) in [5, 5.41) is 0.988. The second kappa shape index (κ2) is 5.73. The van der Waals surface area contributed by atoms with Gasteiger partial charge in [0.25, 0.3) is 0 Å². The van der Waals surface area contributed by atoms with E-state index in [1.807, 2.05) is 10.6 Å². The lowest BCUT2D eigenvalue weighted by Gasteiger charge is -2.19. The number of benzene rings is 2. The number of nitrogens with zero attached hydrogens (tertiary/aromatic N) is 2. The van der Waals surface area contributed by atoms with E-state index in [1.165, 1.54) is 5.56 Å². The topological polar surface area (TPSA) is 43.8 Å². The molecule has 0 aliphatic heterocycles. The molecule has 0 spiro atoms. The Bertz CT molecular complexity index is 859. The van der Waals surface area contributed by atoms with Crippen LogP contribution in [0.1, 0.15) is 31.9 Å². The van der Waals surface area contributed by atoms with Crippen LogP contribution in [-0.4, -0.2) is 9.55 Å². The molecule has 2 N–H and O–H groups in total. The smallest absolute Gasteiger partial charge is 0.201 e. The van der Waals surface area contributed by atoms with Gasteiger partial charge in [-0.1, -0.05) is 68.2 Å². The molecule has 0 amide bonds. The fourth-order valence-electron chi connectivity index (χ4n) is 2.60. The molecule has 5 heteroatoms. The summed E-state index contributed by atoms with van der Waals surface area (Å²) in [5.74, 6) is 0.457. The number of anilines is 1. The van der Waals surface area contributed by atoms with Gasteiger partial charge < -0.3 is 10.3 Å². The molecule has 0 aliphatic rings. The van der Waals surface area contributed by atoms with Crippen molar-refractivity contribution in [1.82, 2.24) is 9.55 Å². The molecule has 0 unspecified atom stereocenters. The van der Waals surface area contributed by atoms with E-state index in [4.69, 9.17) is 28.9 Å². The molecule has 0 atom stereocenters. The summed E-state index contributed by atoms with van der Waals surface area (Å²) in [6.45, 7) is 7.25. The van der Waals surface area contributed by atoms with Crippen LogP contribution in [0.4, 0.5) is 5.95 Å². The molecule has 0 saturated heterocycles. The van der Waals surface area contributed by atoms with Crippen molar-refractivity contribution in [2.24, 2.45) is 0 Å². The molecule has 120 valence electrons. The largest absolute Gasteiger partial charge is 0.369 e. The number of nitrogen functional groups attached to an aromatic ring is 1. The molecule has 1 heterocycles. The molecular weight excluding hydrogens is 329 g/mol. The first kappa shape index (κ1) is 16.2. The summed E-state index contributed by atoms with van der Waals surface area (Å²) in [4.78, 5) is 4.37. The van der Waals surface area contributed by atoms with Gasteiger partial charge >= 0.3 is 0 Å². The summed E-state index contributed by atoms with van der Waals surface area (Å²) >= 11 is 12.2. The summed E-state index contributed by atoms with van der Waals surface area (Å²) < 4.78 is 1.95. The summed E-state index contributed by atoms with van der Waals surface area (Å²) in [6.07, 6.45) is 0. The van der Waals surface area contributed by atoms with Crippen LogP contribution in [0.15, 0.2) is 36.4 Å². The molecule has 0 radical (unpaired) electrons. The zero-order valence-electron chi connectivity index (χ0n) is 13.4. The van der Waals surface area contributed by atoms with Gasteiger partial charge in [0.15, 0.2) is 0 Å². The maximum absolute atomic E-state index is 6.13. The van der Waals surface area contributed by atoms with E-state index in [0.717, 1.165) is 16.6 Å². The molecule has 0 saturated carbocycles. The third-order valence-electron chi connectivity index (χ3n) is 3.98. The van der Waals surface area contributed by atoms with Gasteiger partial charge in [0.1, 0.15) is 0 Å². The molecule has 3 nitrogen and oxygen atoms in total. The highest BCUT2D eigenvalue weighted by molar-refractivity contribution is 6.42. The number of aromatic nitrogens is 2. The minimum atomic E-state index is 0.142. The highest BCUT2D eigenvalue weighted by Gasteiger charge is 2.14. The molecule has 1 aromatic heterocycles. The fraction of sp³-hybridized carbons (Fsp3) is 0.278. The van der Waals surface area contributed by atoms with Gasteiger partial charge in [-0.05, 0) is 28.7 Å². The van der Waals surface area contributed by atoms with E-state index >= 15 is 0 Å². The first-order valence-corrected chi connectivity index (χ1v) is 8.21. The second-order valence-electron chi connectivity index (χ2n) is 6.76. The molecule has 0 aliphatic carbocycles. The molecule has 3 aromatic rings. The van der Waals surface area contributed by atoms with Crippen LogP contribution in [0, 0.1) is 0 Å². The average Bonchev–Trinajstić information content (AvgIpc) is 2.75. The quantitative estimate of drug-likeness (QED) is 0.685. The predicted molar refractivity (Wildman–Crippen MR) is 98.4 cm³/mol. The average molecular weight is 348 g/mol. The number of hydrogen-bond donors (Lipinski definition) is 1. The number of imidazole rings is 1. The normalized spacial score (nSPS) is 12.0. The highest BCUT2D eigenvalue weighted by atomic mass is 35.5. The maximum Gasteiger partial charge on any atom is 0.201 e. The predicted octanol–water partition coefficient (Wildman–Crippen LogP) is 5.27. The lowest BCUT2D eigenvalue weighted by atomic mass is 9.87. The van der Waals surface area contributed by atoms with E-state index in [9.17, 15) is 0 Å². The van der Waals surface area contributed by atoms with Gasteiger partial charge in [-0.15, -0.1) is 0 Å². The summed E-state index contributed by atoms with van der Waals surface area (Å²) in [5.41, 5.74) is 10.3. The monoisotopic (exact) mass is 347 g/mol. The molecule has 0 fully saturated rings. The van der Waals surface area contributed by atoms with Crippen molar-refractivity contribution in [1.29, 1.82) is 0 Å². The minimum absolute atomic E-state index is 0.142. The van der Waals surface area contributed by atoms with Crippen LogP contribution in [0.3, 0.4) is 0 Å². The van der Waals surface area contributed by atoms with Gasteiger partial charge in [0.05, 0.1) is 27.6 Å². The van der Waals surface area contributed by atoms with Crippen LogP contribution < -0.4 is 5.73 Å². The van der Waals surface area contributed by atoms with Gasteiger partial charge in [-0.2, -0.15) is 0 Å². The van der Waals surface area contributed by atoms with Crippen molar-refractivity contribution < 1.29 is 0 Å². The first-order valence-electron chi connectivity index (χ1n) is 7.46. The highest BCUT2D eigenvalue weighted by Crippen LogP contribution is 2.29. The molecule has 3 rings (SSSR count). The van der Waals surface area contributed by atoms with Crippen molar-refractivity contribution in [3.8, 4) is 0 Å². The van der Waals surface area contributed by atoms with Crippen LogP contribution in [0.2, 0.25) is 10.0 Å². The Morgan fingerprint density at radius 3 is 2.26 bits per heavy atom. The standard InChI is InChI=1S/C18H19Cl2N3/c1-18(2,3)12-6-4-11(5-7-12)10-23-16-9-14(20)13(19)8-15(16)22-17(23)21/h4-9H,10H2,1-3H3,(H2,21,22). The fourth-order valence-corrected chi connectivity index (χ4v) is 2.91. The number of rotatable bonds is 2. The lowest BCUT2D eigenvalue weighted by Crippen LogP contribution is -2.11. The Balaban J connectivity index is 1.98. The molecule has 0 bridgehead atoms. The SMILES string of the molecule is CC(C)(C)c1ccc(Cn2c(N)nc3cc(Cl)c(Cl)cc32)cc1. The number of fused-ring (bicyclic) bond motifs is 1. The number of hydrogen-bond acceptors (Lipinski definition) is 2. The third kappa shape index (κ3) is 3.17. The lowest BCUT2D eigenvalue weighted by molar-refractivity contribution is 0.590. The molecule has 2 aromatic carbocycles. The van der Waals surface area contributed by atoms with E-state index < -0.39 is 0 Å². The van der Waals surface area contributed by atoms with Crippen molar-refractivity contribution in [3.05, 3.63) is 57.6 Å². The number of halogens is 2. The van der Waals surface area contributed by atoms with Crippen molar-refractivity contribution in [2.45, 2.75) is 32.7 Å². The Kier molecular flexibility index (Phi) is 4.03. The van der Waals surface area contributed by atoms with E-state index in [1.54, 1.807) is 6.07 Å². The van der Waals surface area contributed by atoms with Crippen LogP contribution in [-0.2, 0) is 12.0 Å². The van der Waals surface area contributed by atoms with Crippen molar-refractivity contribution in [3.63, 3.8) is 0 Å². The van der Waals surface area contributed by atoms with Gasteiger partial charge in [0, 0.05) is 0 Å². The van der Waals surface area contributed by atoms with Gasteiger partial charge in [-0.25, -0.2) is 4.98 Å². The van der Waals surface area contributed by atoms with Crippen LogP contribution in [0.25, 0.3) is 11.0 Å². The second-order valence-corrected chi connectivity index (χ2v) is 7.57. The Morgan fingerprint density at radius 2 is 1.65 bits per heavy atom. The molecular formula is C18H19Cl2N3. The Labute approximate surface area is 146 Å². The maximum atomic E-state index is 6.13. The van der Waals surface area contributed by atoms with Gasteiger partial charge in [0.2, 0.25) is 5.95 Å². The zero-order valence-corrected chi connectivity index (χ0v) is 14.9. The van der Waals surface area contributed by atoms with E-state index in [0.29, 0.717) is 22.5 Å². The minimum Gasteiger partial charge on any atom is -0.369 e. The van der Waals surface area contributed by atoms with Crippen LogP contribution >= 0.6 is 23.2 Å². The van der Waals surface area contributed by atoms with Crippen LogP contribution in [0.5, 0.6) is 0 Å². The molecule has 23 heavy (non-hydrogen) atoms. The van der Waals surface area contributed by atoms with Gasteiger partial charge in [-0.3, -0.25) is 0 Å². The summed E-state index contributed by atoms with van der Waals surface area (Å²) in [7, 11) is 0. The van der Waals surface area contributed by atoms with Crippen molar-refractivity contribution >= 4 is 40.2 Å². The van der Waals surface area contributed by atoms with Crippen molar-refractivity contribution in [2.75, 3.05) is 5.73 Å². The first-order chi connectivity index (χ1) is 10.8. The third-order valence-corrected chi connectivity index (χ3v) is 4.70. The Morgan fingerprint density at radius 1 is 1.04 bits per heavy atom. The Hall–Kier alpha value is -1.71. The number of nitrogens with two attached hydrogens (primary N) is 1. The van der Waals surface area contributed by atoms with E-state index in [2.05, 4.69) is 50.0 Å².